The average Bonchev–Trinajstić information content (AvgIpc) is 2.77. The van der Waals surface area contributed by atoms with Crippen LogP contribution in [0.3, 0.4) is 0 Å². The van der Waals surface area contributed by atoms with Crippen LogP contribution in [0.2, 0.25) is 0 Å². The first-order valence-electron chi connectivity index (χ1n) is 6.08. The average molecular weight is 269 g/mol. The summed E-state index contributed by atoms with van der Waals surface area (Å²) in [6.45, 7) is 4.08. The van der Waals surface area contributed by atoms with Crippen molar-refractivity contribution in [3.8, 4) is 0 Å². The molecule has 6 nitrogen and oxygen atoms in total. The van der Waals surface area contributed by atoms with Gasteiger partial charge in [-0.25, -0.2) is 0 Å². The van der Waals surface area contributed by atoms with E-state index >= 15 is 0 Å². The topological polar surface area (TPSA) is 77.8 Å². The number of hydrogen-bond donors (Lipinski definition) is 1. The lowest BCUT2D eigenvalue weighted by Crippen LogP contribution is -2.26. The molecule has 6 heteroatoms. The number of rotatable bonds is 7. The minimum atomic E-state index is -0.361. The first-order chi connectivity index (χ1) is 9.02. The number of amides is 1. The van der Waals surface area contributed by atoms with Crippen molar-refractivity contribution >= 4 is 11.9 Å². The fraction of sp³-hybridized carbons (Fsp3) is 0.538. The molecule has 0 saturated carbocycles. The Morgan fingerprint density at radius 3 is 2.74 bits per heavy atom. The minimum Gasteiger partial charge on any atom is -0.463 e. The largest absolute Gasteiger partial charge is 0.463 e. The second kappa shape index (κ2) is 7.58. The maximum atomic E-state index is 11.7. The molecule has 0 aliphatic heterocycles. The van der Waals surface area contributed by atoms with Crippen molar-refractivity contribution in [2.75, 3.05) is 13.7 Å². The molecule has 1 amide bonds. The molecule has 0 aliphatic rings. The molecule has 19 heavy (non-hydrogen) atoms. The molecule has 0 saturated heterocycles. The molecule has 1 aromatic heterocycles. The van der Waals surface area contributed by atoms with Crippen LogP contribution in [0, 0.1) is 0 Å². The smallest absolute Gasteiger partial charge is 0.307 e. The maximum Gasteiger partial charge on any atom is 0.307 e. The van der Waals surface area contributed by atoms with Crippen molar-refractivity contribution in [3.05, 3.63) is 23.7 Å². The van der Waals surface area contributed by atoms with Crippen molar-refractivity contribution in [1.29, 1.82) is 0 Å². The highest BCUT2D eigenvalue weighted by atomic mass is 16.5. The molecule has 0 aliphatic carbocycles. The molecule has 1 heterocycles. The van der Waals surface area contributed by atoms with E-state index in [-0.39, 0.29) is 36.7 Å². The summed E-state index contributed by atoms with van der Waals surface area (Å²) in [5.41, 5.74) is 0. The molecule has 0 fully saturated rings. The molecule has 0 unspecified atom stereocenters. The van der Waals surface area contributed by atoms with Crippen LogP contribution in [0.4, 0.5) is 0 Å². The molecular weight excluding hydrogens is 250 g/mol. The zero-order chi connectivity index (χ0) is 14.3. The zero-order valence-corrected chi connectivity index (χ0v) is 11.4. The Hall–Kier alpha value is -1.82. The highest BCUT2D eigenvalue weighted by molar-refractivity contribution is 5.91. The van der Waals surface area contributed by atoms with Crippen molar-refractivity contribution in [2.24, 2.45) is 0 Å². The molecule has 0 aromatic carbocycles. The molecule has 106 valence electrons. The summed E-state index contributed by atoms with van der Waals surface area (Å²) < 4.78 is 15.1. The van der Waals surface area contributed by atoms with Crippen LogP contribution in [0.1, 0.15) is 36.6 Å². The van der Waals surface area contributed by atoms with E-state index in [1.165, 1.54) is 0 Å². The van der Waals surface area contributed by atoms with E-state index in [4.69, 9.17) is 13.9 Å². The predicted molar refractivity (Wildman–Crippen MR) is 67.6 cm³/mol. The van der Waals surface area contributed by atoms with E-state index in [1.54, 1.807) is 33.1 Å². The van der Waals surface area contributed by atoms with Crippen LogP contribution in [-0.2, 0) is 20.9 Å². The molecule has 1 rings (SSSR count). The lowest BCUT2D eigenvalue weighted by molar-refractivity contribution is -0.147. The van der Waals surface area contributed by atoms with Crippen molar-refractivity contribution < 1.29 is 23.5 Å². The predicted octanol–water partition coefficient (Wildman–Crippen LogP) is 1.50. The van der Waals surface area contributed by atoms with E-state index in [0.717, 1.165) is 0 Å². The van der Waals surface area contributed by atoms with E-state index in [9.17, 15) is 9.59 Å². The van der Waals surface area contributed by atoms with E-state index in [0.29, 0.717) is 12.4 Å². The molecule has 0 radical (unpaired) electrons. The second-order valence-corrected chi connectivity index (χ2v) is 4.24. The molecule has 0 spiro atoms. The lowest BCUT2D eigenvalue weighted by atomic mass is 10.3. The summed E-state index contributed by atoms with van der Waals surface area (Å²) >= 11 is 0. The van der Waals surface area contributed by atoms with Crippen molar-refractivity contribution in [3.63, 3.8) is 0 Å². The Balaban J connectivity index is 2.32. The molecule has 1 N–H and O–H groups in total. The molecule has 0 atom stereocenters. The summed E-state index contributed by atoms with van der Waals surface area (Å²) in [5.74, 6) is 0.0747. The Labute approximate surface area is 112 Å². The lowest BCUT2D eigenvalue weighted by Gasteiger charge is -2.07. The number of furan rings is 1. The number of hydrogen-bond acceptors (Lipinski definition) is 5. The number of methoxy groups -OCH3 is 1. The van der Waals surface area contributed by atoms with Crippen molar-refractivity contribution in [2.45, 2.75) is 33.0 Å². The summed E-state index contributed by atoms with van der Waals surface area (Å²) in [5, 5.41) is 2.58. The van der Waals surface area contributed by atoms with Gasteiger partial charge in [-0.3, -0.25) is 9.59 Å². The van der Waals surface area contributed by atoms with Gasteiger partial charge in [0, 0.05) is 13.7 Å². The van der Waals surface area contributed by atoms with Crippen LogP contribution in [0.5, 0.6) is 0 Å². The number of carbonyl (C=O) groups is 2. The molecular formula is C13H19NO5. The fourth-order valence-electron chi connectivity index (χ4n) is 1.41. The summed E-state index contributed by atoms with van der Waals surface area (Å²) in [7, 11) is 1.54. The Kier molecular flexibility index (Phi) is 6.08. The van der Waals surface area contributed by atoms with Gasteiger partial charge >= 0.3 is 5.97 Å². The zero-order valence-electron chi connectivity index (χ0n) is 11.4. The van der Waals surface area contributed by atoms with Gasteiger partial charge in [-0.05, 0) is 26.0 Å². The SMILES string of the molecule is COCc1ccc(C(=O)NCCC(=O)OC(C)C)o1. The van der Waals surface area contributed by atoms with Gasteiger partial charge < -0.3 is 19.2 Å². The van der Waals surface area contributed by atoms with Crippen LogP contribution < -0.4 is 5.32 Å². The number of carbonyl (C=O) groups excluding carboxylic acids is 2. The van der Waals surface area contributed by atoms with Gasteiger partial charge in [0.15, 0.2) is 5.76 Å². The third-order valence-corrected chi connectivity index (χ3v) is 2.15. The monoisotopic (exact) mass is 269 g/mol. The van der Waals surface area contributed by atoms with Crippen molar-refractivity contribution in [1.82, 2.24) is 5.32 Å². The Bertz CT molecular complexity index is 424. The minimum absolute atomic E-state index is 0.134. The van der Waals surface area contributed by atoms with Crippen LogP contribution in [0.25, 0.3) is 0 Å². The molecule has 1 aromatic rings. The fourth-order valence-corrected chi connectivity index (χ4v) is 1.41. The second-order valence-electron chi connectivity index (χ2n) is 4.24. The van der Waals surface area contributed by atoms with Gasteiger partial charge in [-0.1, -0.05) is 0 Å². The van der Waals surface area contributed by atoms with E-state index in [1.807, 2.05) is 0 Å². The highest BCUT2D eigenvalue weighted by Gasteiger charge is 2.12. The Morgan fingerprint density at radius 2 is 2.11 bits per heavy atom. The first-order valence-corrected chi connectivity index (χ1v) is 6.08. The van der Waals surface area contributed by atoms with Gasteiger partial charge in [0.2, 0.25) is 0 Å². The summed E-state index contributed by atoms with van der Waals surface area (Å²) in [6, 6.07) is 3.24. The quantitative estimate of drug-likeness (QED) is 0.759. The van der Waals surface area contributed by atoms with Crippen LogP contribution in [0.15, 0.2) is 16.5 Å². The maximum absolute atomic E-state index is 11.7. The Morgan fingerprint density at radius 1 is 1.37 bits per heavy atom. The molecule has 0 bridgehead atoms. The highest BCUT2D eigenvalue weighted by Crippen LogP contribution is 2.08. The van der Waals surface area contributed by atoms with Gasteiger partial charge in [0.25, 0.3) is 5.91 Å². The summed E-state index contributed by atoms with van der Waals surface area (Å²) in [6.07, 6.45) is -0.0138. The number of esters is 1. The third-order valence-electron chi connectivity index (χ3n) is 2.15. The normalized spacial score (nSPS) is 10.5. The standard InChI is InChI=1S/C13H19NO5/c1-9(2)18-12(15)6-7-14-13(16)11-5-4-10(19-11)8-17-3/h4-5,9H,6-8H2,1-3H3,(H,14,16). The summed E-state index contributed by atoms with van der Waals surface area (Å²) in [4.78, 5) is 22.9. The van der Waals surface area contributed by atoms with Gasteiger partial charge in [-0.2, -0.15) is 0 Å². The number of ether oxygens (including phenoxy) is 2. The van der Waals surface area contributed by atoms with Gasteiger partial charge in [0.05, 0.1) is 12.5 Å². The van der Waals surface area contributed by atoms with Gasteiger partial charge in [-0.15, -0.1) is 0 Å². The van der Waals surface area contributed by atoms with Gasteiger partial charge in [0.1, 0.15) is 12.4 Å². The number of nitrogens with one attached hydrogen (secondary N) is 1. The third kappa shape index (κ3) is 5.56. The van der Waals surface area contributed by atoms with E-state index < -0.39 is 0 Å². The van der Waals surface area contributed by atoms with E-state index in [2.05, 4.69) is 5.32 Å². The van der Waals surface area contributed by atoms with Crippen LogP contribution >= 0.6 is 0 Å². The van der Waals surface area contributed by atoms with Crippen LogP contribution in [-0.4, -0.2) is 31.6 Å². The first kappa shape index (κ1) is 15.2.